The lowest BCUT2D eigenvalue weighted by molar-refractivity contribution is 0.215. The van der Waals surface area contributed by atoms with Crippen LogP contribution in [-0.2, 0) is 27.1 Å². The van der Waals surface area contributed by atoms with Crippen molar-refractivity contribution in [3.8, 4) is 23.0 Å². The zero-order valence-electron chi connectivity index (χ0n) is 33.1. The highest BCUT2D eigenvalue weighted by atomic mass is 32.7. The third kappa shape index (κ3) is 13.8. The molecule has 5 aromatic carbocycles. The molecule has 4 N–H and O–H groups in total. The molecule has 5 aromatic rings. The van der Waals surface area contributed by atoms with Crippen LogP contribution in [0, 0.1) is 0 Å². The van der Waals surface area contributed by atoms with Crippen molar-refractivity contribution < 1.29 is 46.4 Å². The average molecular weight is 1000 g/mol. The van der Waals surface area contributed by atoms with E-state index in [1.807, 2.05) is 91.0 Å². The van der Waals surface area contributed by atoms with Crippen molar-refractivity contribution in [2.75, 3.05) is 41.7 Å². The second-order valence-corrected chi connectivity index (χ2v) is 30.3. The predicted octanol–water partition coefficient (Wildman–Crippen LogP) is 14.8. The SMILES string of the molecule is COP1(OCCOP(N=P(N)(OC)Sc2ccccc2)(=NPSc2ccccc2)Sc2ccccc2)=NP(OC)(Oc2ccc(O)cc2)=NP(OC)(Oc2ccc(O)cc2)=N1. The molecule has 6 atom stereocenters. The maximum Gasteiger partial charge on any atom is 0.403 e. The first kappa shape index (κ1) is 48.1. The van der Waals surface area contributed by atoms with Gasteiger partial charge in [0.25, 0.3) is 6.63 Å². The Labute approximate surface area is 369 Å². The summed E-state index contributed by atoms with van der Waals surface area (Å²) in [5, 5.41) is 19.9. The van der Waals surface area contributed by atoms with Gasteiger partial charge in [-0.3, -0.25) is 5.50 Å². The van der Waals surface area contributed by atoms with Crippen LogP contribution >= 0.6 is 78.3 Å². The molecule has 1 aliphatic rings. The van der Waals surface area contributed by atoms with Crippen LogP contribution in [0.5, 0.6) is 23.0 Å². The van der Waals surface area contributed by atoms with Crippen molar-refractivity contribution >= 4 is 78.3 Å². The standard InChI is InChI=1S/C36H44N6O10P6S3/c1-45-54(37,60-35-16-10-6-11-17-35)39-58(61-36-18-12-7-13-19-36,38-53-59-34-14-8-5-9-15-34)50-29-28-49-55(46-2)40-56(47-3,51-32-24-20-30(43)21-25-32)42-57(41-55,48-4)52-33-26-22-31(44)23-27-33/h5-27,43-44,53H,28-29,37H2,1-4H3. The highest BCUT2D eigenvalue weighted by molar-refractivity contribution is 8.62. The molecule has 0 radical (unpaired) electrons. The quantitative estimate of drug-likeness (QED) is 0.0463. The minimum Gasteiger partial charge on any atom is -0.508 e. The largest absolute Gasteiger partial charge is 0.508 e. The molecule has 0 spiro atoms. The molecule has 0 saturated carbocycles. The zero-order chi connectivity index (χ0) is 43.2. The van der Waals surface area contributed by atoms with Gasteiger partial charge in [0.2, 0.25) is 6.63 Å². The fourth-order valence-electron chi connectivity index (χ4n) is 4.81. The Morgan fingerprint density at radius 1 is 0.590 bits per heavy atom. The number of phenols is 2. The zero-order valence-corrected chi connectivity index (χ0v) is 41.0. The molecular weight excluding hydrogens is 958 g/mol. The second-order valence-electron chi connectivity index (χ2n) is 11.9. The number of rotatable bonds is 21. The molecule has 0 amide bonds. The van der Waals surface area contributed by atoms with Crippen molar-refractivity contribution in [1.82, 2.24) is 0 Å². The van der Waals surface area contributed by atoms with Gasteiger partial charge in [-0.05, 0) is 108 Å². The Morgan fingerprint density at radius 3 is 1.51 bits per heavy atom. The molecule has 0 aliphatic carbocycles. The van der Waals surface area contributed by atoms with E-state index in [0.717, 1.165) is 14.7 Å². The maximum absolute atomic E-state index is 9.95. The number of nitrogens with two attached hydrogens (primary N) is 1. The van der Waals surface area contributed by atoms with Crippen LogP contribution in [0.1, 0.15) is 0 Å². The number of aromatic hydroxyl groups is 2. The highest BCUT2D eigenvalue weighted by Crippen LogP contribution is 2.80. The third-order valence-corrected chi connectivity index (χ3v) is 29.5. The first-order valence-corrected chi connectivity index (χ1v) is 31.1. The molecule has 25 heteroatoms. The second kappa shape index (κ2) is 22.5. The number of hydrogen-bond acceptors (Lipinski definition) is 17. The molecule has 61 heavy (non-hydrogen) atoms. The van der Waals surface area contributed by atoms with Crippen LogP contribution < -0.4 is 14.6 Å². The van der Waals surface area contributed by atoms with Gasteiger partial charge in [0.15, 0.2) is 0 Å². The molecule has 0 fully saturated rings. The van der Waals surface area contributed by atoms with Gasteiger partial charge in [0, 0.05) is 43.1 Å². The van der Waals surface area contributed by atoms with E-state index in [2.05, 4.69) is 0 Å². The normalized spacial score (nSPS) is 21.9. The number of benzene rings is 5. The van der Waals surface area contributed by atoms with Crippen LogP contribution in [0.15, 0.2) is 177 Å². The molecule has 6 unspecified atom stereocenters. The number of phenolic OH excluding ortho intramolecular Hbond substituents is 2. The van der Waals surface area contributed by atoms with Crippen molar-refractivity contribution in [2.45, 2.75) is 14.7 Å². The van der Waals surface area contributed by atoms with E-state index in [9.17, 15) is 10.2 Å². The van der Waals surface area contributed by atoms with E-state index >= 15 is 0 Å². The molecule has 1 heterocycles. The number of nitrogens with zero attached hydrogens (tertiary/aromatic N) is 5. The van der Waals surface area contributed by atoms with Gasteiger partial charge in [-0.1, -0.05) is 66.0 Å². The van der Waals surface area contributed by atoms with E-state index < -0.39 is 36.2 Å². The first-order chi connectivity index (χ1) is 29.5. The summed E-state index contributed by atoms with van der Waals surface area (Å²) in [4.78, 5) is 2.78. The van der Waals surface area contributed by atoms with Crippen LogP contribution in [0.3, 0.4) is 0 Å². The monoisotopic (exact) mass is 1000 g/mol. The highest BCUT2D eigenvalue weighted by Gasteiger charge is 2.44. The number of hydrogen-bond donors (Lipinski definition) is 3. The summed E-state index contributed by atoms with van der Waals surface area (Å²) in [6.07, 6.45) is 0. The molecule has 0 bridgehead atoms. The maximum atomic E-state index is 9.95. The smallest absolute Gasteiger partial charge is 0.403 e. The molecule has 1 aliphatic heterocycles. The molecule has 6 rings (SSSR count). The summed E-state index contributed by atoms with van der Waals surface area (Å²) in [5.41, 5.74) is 7.04. The van der Waals surface area contributed by atoms with E-state index in [1.165, 1.54) is 92.6 Å². The fraction of sp³-hybridized carbons (Fsp3) is 0.167. The lowest BCUT2D eigenvalue weighted by Crippen LogP contribution is -2.06. The van der Waals surface area contributed by atoms with Crippen LogP contribution in [0.2, 0.25) is 0 Å². The van der Waals surface area contributed by atoms with E-state index in [4.69, 9.17) is 64.3 Å². The van der Waals surface area contributed by atoms with Gasteiger partial charge in [0.1, 0.15) is 23.0 Å². The Kier molecular flexibility index (Phi) is 17.8. The Morgan fingerprint density at radius 2 is 1.03 bits per heavy atom. The van der Waals surface area contributed by atoms with Crippen molar-refractivity contribution in [2.24, 2.45) is 28.1 Å². The Bertz CT molecular complexity index is 2440. The van der Waals surface area contributed by atoms with Crippen molar-refractivity contribution in [3.63, 3.8) is 0 Å². The van der Waals surface area contributed by atoms with Crippen LogP contribution in [-0.4, -0.2) is 51.9 Å². The lowest BCUT2D eigenvalue weighted by Gasteiger charge is -2.31. The van der Waals surface area contributed by atoms with Crippen LogP contribution in [0.4, 0.5) is 0 Å². The summed E-state index contributed by atoms with van der Waals surface area (Å²) in [6.45, 7) is -6.57. The minimum absolute atomic E-state index is 0.0146. The fourth-order valence-corrected chi connectivity index (χ4v) is 28.5. The van der Waals surface area contributed by atoms with Gasteiger partial charge >= 0.3 is 23.0 Å². The van der Waals surface area contributed by atoms with Gasteiger partial charge < -0.3 is 46.4 Å². The predicted molar refractivity (Wildman–Crippen MR) is 254 cm³/mol. The molecule has 0 aromatic heterocycles. The third-order valence-electron chi connectivity index (χ3n) is 7.64. The first-order valence-electron chi connectivity index (χ1n) is 17.9. The lowest BCUT2D eigenvalue weighted by atomic mass is 10.3. The molecule has 326 valence electrons. The topological polar surface area (TPSA) is 202 Å². The van der Waals surface area contributed by atoms with Gasteiger partial charge in [-0.15, -0.1) is 13.5 Å². The van der Waals surface area contributed by atoms with Crippen LogP contribution in [0.25, 0.3) is 0 Å². The summed E-state index contributed by atoms with van der Waals surface area (Å²) >= 11 is 4.29. The summed E-state index contributed by atoms with van der Waals surface area (Å²) < 4.78 is 74.8. The summed E-state index contributed by atoms with van der Waals surface area (Å²) in [5.74, 6) is 0.621. The van der Waals surface area contributed by atoms with Gasteiger partial charge in [-0.25, -0.2) is 4.52 Å². The van der Waals surface area contributed by atoms with Crippen molar-refractivity contribution in [1.29, 1.82) is 0 Å². The molecule has 0 saturated heterocycles. The average Bonchev–Trinajstić information content (AvgIpc) is 3.28. The Balaban J connectivity index is 1.40. The van der Waals surface area contributed by atoms with Gasteiger partial charge in [-0.2, -0.15) is 4.52 Å². The van der Waals surface area contributed by atoms with E-state index in [-0.39, 0.29) is 44.1 Å². The Hall–Kier alpha value is -2.35. The van der Waals surface area contributed by atoms with Crippen molar-refractivity contribution in [3.05, 3.63) is 140 Å². The minimum atomic E-state index is -3.77. The molecule has 16 nitrogen and oxygen atoms in total. The van der Waals surface area contributed by atoms with Gasteiger partial charge in [0.05, 0.1) is 21.1 Å². The van der Waals surface area contributed by atoms with E-state index in [1.54, 1.807) is 18.5 Å². The summed E-state index contributed by atoms with van der Waals surface area (Å²) in [6, 6.07) is 41.3. The van der Waals surface area contributed by atoms with E-state index in [0.29, 0.717) is 0 Å². The molecular formula is C36H44N6O10P6S3. The summed E-state index contributed by atoms with van der Waals surface area (Å²) in [7, 11) is -5.59.